The Bertz CT molecular complexity index is 479. The number of morpholine rings is 1. The van der Waals surface area contributed by atoms with Gasteiger partial charge in [0, 0.05) is 38.4 Å². The summed E-state index contributed by atoms with van der Waals surface area (Å²) in [5.74, 6) is 0.834. The summed E-state index contributed by atoms with van der Waals surface area (Å²) in [6, 6.07) is 6.45. The Morgan fingerprint density at radius 3 is 2.95 bits per heavy atom. The van der Waals surface area contributed by atoms with Gasteiger partial charge in [-0.05, 0) is 18.6 Å². The predicted molar refractivity (Wildman–Crippen MR) is 72.0 cm³/mol. The number of aromatic nitrogens is 1. The molecule has 2 saturated heterocycles. The highest BCUT2D eigenvalue weighted by Crippen LogP contribution is 2.24. The molecule has 100 valence electrons. The third kappa shape index (κ3) is 2.55. The highest BCUT2D eigenvalue weighted by molar-refractivity contribution is 5.54. The first kappa shape index (κ1) is 12.4. The minimum atomic E-state index is 0.567. The van der Waals surface area contributed by atoms with E-state index in [2.05, 4.69) is 20.9 Å². The molecule has 2 fully saturated rings. The van der Waals surface area contributed by atoms with E-state index in [4.69, 9.17) is 10.00 Å². The van der Waals surface area contributed by atoms with Gasteiger partial charge in [0.2, 0.25) is 0 Å². The summed E-state index contributed by atoms with van der Waals surface area (Å²) >= 11 is 0. The molecular weight excluding hydrogens is 240 g/mol. The lowest BCUT2D eigenvalue weighted by Crippen LogP contribution is -2.44. The van der Waals surface area contributed by atoms with Crippen LogP contribution in [0.3, 0.4) is 0 Å². The van der Waals surface area contributed by atoms with Gasteiger partial charge in [-0.25, -0.2) is 4.98 Å². The minimum Gasteiger partial charge on any atom is -0.379 e. The Labute approximate surface area is 113 Å². The summed E-state index contributed by atoms with van der Waals surface area (Å²) in [4.78, 5) is 9.10. The van der Waals surface area contributed by atoms with Crippen LogP contribution >= 0.6 is 0 Å². The second-order valence-corrected chi connectivity index (χ2v) is 5.02. The maximum absolute atomic E-state index is 9.15. The summed E-state index contributed by atoms with van der Waals surface area (Å²) in [6.07, 6.45) is 2.90. The highest BCUT2D eigenvalue weighted by Gasteiger charge is 2.30. The van der Waals surface area contributed by atoms with E-state index in [0.29, 0.717) is 11.6 Å². The van der Waals surface area contributed by atoms with Crippen LogP contribution in [0.2, 0.25) is 0 Å². The van der Waals surface area contributed by atoms with Gasteiger partial charge in [0.1, 0.15) is 11.9 Å². The van der Waals surface area contributed by atoms with E-state index in [1.165, 1.54) is 0 Å². The molecule has 1 atom stereocenters. The van der Waals surface area contributed by atoms with Gasteiger partial charge in [-0.3, -0.25) is 4.90 Å². The standard InChI is InChI=1S/C14H18N4O/c15-10-12-2-1-4-16-14(12)18-5-3-13(11-18)17-6-8-19-9-7-17/h1-2,4,13H,3,5-9,11H2. The summed E-state index contributed by atoms with van der Waals surface area (Å²) in [7, 11) is 0. The maximum atomic E-state index is 9.15. The van der Waals surface area contributed by atoms with Crippen LogP contribution < -0.4 is 4.90 Å². The molecule has 0 bridgehead atoms. The molecule has 5 heteroatoms. The summed E-state index contributed by atoms with van der Waals surface area (Å²) in [6.45, 7) is 5.66. The molecule has 0 radical (unpaired) electrons. The number of pyridine rings is 1. The molecule has 1 unspecified atom stereocenters. The Kier molecular flexibility index (Phi) is 3.62. The van der Waals surface area contributed by atoms with Crippen molar-refractivity contribution in [3.05, 3.63) is 23.9 Å². The lowest BCUT2D eigenvalue weighted by molar-refractivity contribution is 0.0209. The van der Waals surface area contributed by atoms with Crippen molar-refractivity contribution in [3.8, 4) is 6.07 Å². The molecule has 0 N–H and O–H groups in total. The fourth-order valence-electron chi connectivity index (χ4n) is 2.91. The van der Waals surface area contributed by atoms with Gasteiger partial charge in [0.25, 0.3) is 0 Å². The first-order valence-electron chi connectivity index (χ1n) is 6.80. The number of hydrogen-bond donors (Lipinski definition) is 0. The van der Waals surface area contributed by atoms with Crippen molar-refractivity contribution in [1.29, 1.82) is 5.26 Å². The molecule has 1 aromatic heterocycles. The third-order valence-corrected chi connectivity index (χ3v) is 3.93. The first-order chi connectivity index (χ1) is 9.38. The third-order valence-electron chi connectivity index (χ3n) is 3.93. The molecule has 1 aromatic rings. The van der Waals surface area contributed by atoms with E-state index in [-0.39, 0.29) is 0 Å². The van der Waals surface area contributed by atoms with Crippen LogP contribution in [0.15, 0.2) is 18.3 Å². The largest absolute Gasteiger partial charge is 0.379 e. The van der Waals surface area contributed by atoms with Crippen molar-refractivity contribution in [1.82, 2.24) is 9.88 Å². The van der Waals surface area contributed by atoms with E-state index < -0.39 is 0 Å². The number of rotatable bonds is 2. The molecule has 2 aliphatic rings. The molecule has 5 nitrogen and oxygen atoms in total. The molecule has 2 aliphatic heterocycles. The average Bonchev–Trinajstić information content (AvgIpc) is 2.98. The fourth-order valence-corrected chi connectivity index (χ4v) is 2.91. The Morgan fingerprint density at radius 1 is 1.32 bits per heavy atom. The zero-order valence-corrected chi connectivity index (χ0v) is 11.0. The van der Waals surface area contributed by atoms with E-state index >= 15 is 0 Å². The normalized spacial score (nSPS) is 24.4. The lowest BCUT2D eigenvalue weighted by atomic mass is 10.2. The molecular formula is C14H18N4O. The van der Waals surface area contributed by atoms with E-state index in [1.807, 2.05) is 12.1 Å². The second kappa shape index (κ2) is 5.55. The first-order valence-corrected chi connectivity index (χ1v) is 6.80. The second-order valence-electron chi connectivity index (χ2n) is 5.02. The van der Waals surface area contributed by atoms with Crippen LogP contribution in [-0.2, 0) is 4.74 Å². The van der Waals surface area contributed by atoms with Gasteiger partial charge < -0.3 is 9.64 Å². The fraction of sp³-hybridized carbons (Fsp3) is 0.571. The van der Waals surface area contributed by atoms with Crippen molar-refractivity contribution in [3.63, 3.8) is 0 Å². The zero-order valence-electron chi connectivity index (χ0n) is 11.0. The molecule has 3 heterocycles. The van der Waals surface area contributed by atoms with Crippen molar-refractivity contribution in [2.45, 2.75) is 12.5 Å². The number of hydrogen-bond acceptors (Lipinski definition) is 5. The van der Waals surface area contributed by atoms with Gasteiger partial charge in [-0.2, -0.15) is 5.26 Å². The van der Waals surface area contributed by atoms with Gasteiger partial charge in [0.05, 0.1) is 18.8 Å². The van der Waals surface area contributed by atoms with Crippen molar-refractivity contribution in [2.24, 2.45) is 0 Å². The number of nitriles is 1. The summed E-state index contributed by atoms with van der Waals surface area (Å²) in [5, 5.41) is 9.15. The molecule has 0 saturated carbocycles. The van der Waals surface area contributed by atoms with Gasteiger partial charge in [0.15, 0.2) is 0 Å². The quantitative estimate of drug-likeness (QED) is 0.787. The molecule has 3 rings (SSSR count). The molecule has 0 amide bonds. The Balaban J connectivity index is 1.70. The Morgan fingerprint density at radius 2 is 2.16 bits per heavy atom. The molecule has 0 aliphatic carbocycles. The topological polar surface area (TPSA) is 52.4 Å². The SMILES string of the molecule is N#Cc1cccnc1N1CCC(N2CCOCC2)C1. The summed E-state index contributed by atoms with van der Waals surface area (Å²) in [5.41, 5.74) is 0.671. The number of anilines is 1. The molecule has 19 heavy (non-hydrogen) atoms. The van der Waals surface area contributed by atoms with Crippen LogP contribution in [-0.4, -0.2) is 55.3 Å². The lowest BCUT2D eigenvalue weighted by Gasteiger charge is -2.32. The molecule has 0 spiro atoms. The van der Waals surface area contributed by atoms with Gasteiger partial charge in [-0.1, -0.05) is 0 Å². The predicted octanol–water partition coefficient (Wildman–Crippen LogP) is 0.864. The minimum absolute atomic E-state index is 0.567. The van der Waals surface area contributed by atoms with Crippen LogP contribution in [0.4, 0.5) is 5.82 Å². The maximum Gasteiger partial charge on any atom is 0.146 e. The van der Waals surface area contributed by atoms with Gasteiger partial charge >= 0.3 is 0 Å². The van der Waals surface area contributed by atoms with Crippen molar-refractivity contribution < 1.29 is 4.74 Å². The average molecular weight is 258 g/mol. The highest BCUT2D eigenvalue weighted by atomic mass is 16.5. The van der Waals surface area contributed by atoms with E-state index in [1.54, 1.807) is 6.20 Å². The summed E-state index contributed by atoms with van der Waals surface area (Å²) < 4.78 is 5.40. The van der Waals surface area contributed by atoms with Crippen LogP contribution in [0, 0.1) is 11.3 Å². The van der Waals surface area contributed by atoms with Crippen LogP contribution in [0.25, 0.3) is 0 Å². The van der Waals surface area contributed by atoms with Crippen molar-refractivity contribution in [2.75, 3.05) is 44.3 Å². The van der Waals surface area contributed by atoms with Crippen LogP contribution in [0.5, 0.6) is 0 Å². The smallest absolute Gasteiger partial charge is 0.146 e. The zero-order chi connectivity index (χ0) is 13.1. The Hall–Kier alpha value is -1.64. The number of ether oxygens (including phenoxy) is 1. The molecule has 0 aromatic carbocycles. The van der Waals surface area contributed by atoms with E-state index in [0.717, 1.165) is 51.6 Å². The van der Waals surface area contributed by atoms with Gasteiger partial charge in [-0.15, -0.1) is 0 Å². The van der Waals surface area contributed by atoms with E-state index in [9.17, 15) is 0 Å². The van der Waals surface area contributed by atoms with Crippen LogP contribution in [0.1, 0.15) is 12.0 Å². The monoisotopic (exact) mass is 258 g/mol. The number of nitrogens with zero attached hydrogens (tertiary/aromatic N) is 4. The van der Waals surface area contributed by atoms with Crippen molar-refractivity contribution >= 4 is 5.82 Å².